The Labute approximate surface area is 162 Å². The van der Waals surface area contributed by atoms with Gasteiger partial charge in [0.05, 0.1) is 11.7 Å². The van der Waals surface area contributed by atoms with Gasteiger partial charge >= 0.3 is 0 Å². The van der Waals surface area contributed by atoms with Crippen molar-refractivity contribution in [2.75, 3.05) is 0 Å². The summed E-state index contributed by atoms with van der Waals surface area (Å²) < 4.78 is 4.22. The van der Waals surface area contributed by atoms with Gasteiger partial charge in [0.1, 0.15) is 19.2 Å². The number of rotatable bonds is 3. The molecule has 0 amide bonds. The van der Waals surface area contributed by atoms with Crippen molar-refractivity contribution in [2.24, 2.45) is 7.05 Å². The van der Waals surface area contributed by atoms with Crippen LogP contribution >= 0.6 is 11.9 Å². The van der Waals surface area contributed by atoms with Crippen LogP contribution in [0, 0.1) is 0 Å². The van der Waals surface area contributed by atoms with Crippen molar-refractivity contribution in [3.05, 3.63) is 73.1 Å². The summed E-state index contributed by atoms with van der Waals surface area (Å²) in [5, 5.41) is 1.09. The van der Waals surface area contributed by atoms with Gasteiger partial charge in [0.2, 0.25) is 0 Å². The van der Waals surface area contributed by atoms with Gasteiger partial charge in [0.15, 0.2) is 5.65 Å². The van der Waals surface area contributed by atoms with Gasteiger partial charge in [-0.15, -0.1) is 0 Å². The fourth-order valence-corrected chi connectivity index (χ4v) is 4.19. The van der Waals surface area contributed by atoms with Crippen molar-refractivity contribution in [1.82, 2.24) is 18.5 Å². The Hall–Kier alpha value is -2.99. The highest BCUT2D eigenvalue weighted by Crippen LogP contribution is 2.31. The Bertz CT molecular complexity index is 1260. The number of imidazole rings is 1. The minimum Gasteiger partial charge on any atom is -0.326 e. The zero-order valence-corrected chi connectivity index (χ0v) is 15.5. The van der Waals surface area contributed by atoms with E-state index in [0.717, 1.165) is 38.9 Å². The topological polar surface area (TPSA) is 35.6 Å². The second-order valence-corrected chi connectivity index (χ2v) is 7.44. The zero-order chi connectivity index (χ0) is 18.4. The van der Waals surface area contributed by atoms with Gasteiger partial charge in [-0.3, -0.25) is 3.97 Å². The van der Waals surface area contributed by atoms with Gasteiger partial charge in [-0.05, 0) is 30.1 Å². The van der Waals surface area contributed by atoms with E-state index in [1.807, 2.05) is 55.7 Å². The summed E-state index contributed by atoms with van der Waals surface area (Å²) in [6.07, 6.45) is 3.91. The minimum absolute atomic E-state index is 0.747. The summed E-state index contributed by atoms with van der Waals surface area (Å²) in [4.78, 5) is 10.6. The molecule has 4 nitrogen and oxygen atoms in total. The maximum Gasteiger partial charge on any atom is 0.152 e. The van der Waals surface area contributed by atoms with Gasteiger partial charge in [-0.25, -0.2) is 9.97 Å². The lowest BCUT2D eigenvalue weighted by molar-refractivity contribution is 0.962. The molecule has 3 heterocycles. The standard InChI is InChI=1S/C21H15BN4S/c1-25-19-17-11-12-26(27-16-5-3-2-4-6-16)21(17)23-13-18(19)24-20(25)14-7-9-15(22)10-8-14/h2-13H,1H3. The SMILES string of the molecule is [B]c1ccc(-c2nc3cnc4c(ccn4Sc4ccccc4)c3n2C)cc1. The summed E-state index contributed by atoms with van der Waals surface area (Å²) in [7, 11) is 7.86. The van der Waals surface area contributed by atoms with Crippen LogP contribution in [0.15, 0.2) is 78.0 Å². The van der Waals surface area contributed by atoms with Crippen molar-refractivity contribution in [3.63, 3.8) is 0 Å². The number of nitrogens with zero attached hydrogens (tertiary/aromatic N) is 4. The van der Waals surface area contributed by atoms with E-state index in [0.29, 0.717) is 0 Å². The fourth-order valence-electron chi connectivity index (χ4n) is 3.33. The highest BCUT2D eigenvalue weighted by atomic mass is 32.2. The molecule has 0 aliphatic rings. The molecule has 2 radical (unpaired) electrons. The summed E-state index contributed by atoms with van der Waals surface area (Å²) in [5.41, 5.74) is 4.69. The first kappa shape index (κ1) is 16.2. The van der Waals surface area contributed by atoms with E-state index in [4.69, 9.17) is 12.8 Å². The smallest absolute Gasteiger partial charge is 0.152 e. The monoisotopic (exact) mass is 366 g/mol. The van der Waals surface area contributed by atoms with E-state index in [1.165, 1.54) is 4.90 Å². The van der Waals surface area contributed by atoms with Crippen molar-refractivity contribution >= 4 is 47.3 Å². The highest BCUT2D eigenvalue weighted by molar-refractivity contribution is 7.98. The second-order valence-electron chi connectivity index (χ2n) is 6.39. The maximum atomic E-state index is 5.82. The van der Waals surface area contributed by atoms with Crippen LogP contribution in [-0.4, -0.2) is 26.4 Å². The third-order valence-corrected chi connectivity index (χ3v) is 5.60. The van der Waals surface area contributed by atoms with Gasteiger partial charge in [0.25, 0.3) is 0 Å². The van der Waals surface area contributed by atoms with Crippen LogP contribution in [-0.2, 0) is 7.05 Å². The summed E-state index contributed by atoms with van der Waals surface area (Å²) in [6, 6.07) is 20.2. The summed E-state index contributed by atoms with van der Waals surface area (Å²) in [5.74, 6) is 0.905. The molecule has 0 N–H and O–H groups in total. The predicted octanol–water partition coefficient (Wildman–Crippen LogP) is 3.94. The molecule has 3 aromatic heterocycles. The largest absolute Gasteiger partial charge is 0.326 e. The molecule has 2 aromatic carbocycles. The third-order valence-electron chi connectivity index (χ3n) is 4.63. The Morgan fingerprint density at radius 1 is 0.963 bits per heavy atom. The molecule has 0 aliphatic heterocycles. The molecule has 0 unspecified atom stereocenters. The van der Waals surface area contributed by atoms with Crippen LogP contribution in [0.1, 0.15) is 0 Å². The van der Waals surface area contributed by atoms with E-state index in [1.54, 1.807) is 11.9 Å². The van der Waals surface area contributed by atoms with Gasteiger partial charge in [0, 0.05) is 29.1 Å². The van der Waals surface area contributed by atoms with Crippen LogP contribution < -0.4 is 5.46 Å². The average Bonchev–Trinajstić information content (AvgIpc) is 3.24. The predicted molar refractivity (Wildman–Crippen MR) is 113 cm³/mol. The van der Waals surface area contributed by atoms with Gasteiger partial charge in [-0.2, -0.15) is 0 Å². The number of aryl methyl sites for hydroxylation is 1. The number of hydrogen-bond acceptors (Lipinski definition) is 3. The quantitative estimate of drug-likeness (QED) is 0.454. The van der Waals surface area contributed by atoms with Crippen LogP contribution in [0.3, 0.4) is 0 Å². The van der Waals surface area contributed by atoms with Gasteiger partial charge < -0.3 is 4.57 Å². The third kappa shape index (κ3) is 2.73. The average molecular weight is 366 g/mol. The number of hydrogen-bond donors (Lipinski definition) is 0. The Morgan fingerprint density at radius 2 is 1.74 bits per heavy atom. The van der Waals surface area contributed by atoms with Crippen molar-refractivity contribution in [1.29, 1.82) is 0 Å². The molecule has 0 fully saturated rings. The van der Waals surface area contributed by atoms with Crippen molar-refractivity contribution in [2.45, 2.75) is 4.90 Å². The maximum absolute atomic E-state index is 5.82. The number of fused-ring (bicyclic) bond motifs is 3. The van der Waals surface area contributed by atoms with Crippen LogP contribution in [0.5, 0.6) is 0 Å². The van der Waals surface area contributed by atoms with E-state index < -0.39 is 0 Å². The molecular weight excluding hydrogens is 351 g/mol. The van der Waals surface area contributed by atoms with Crippen LogP contribution in [0.4, 0.5) is 0 Å². The highest BCUT2D eigenvalue weighted by Gasteiger charge is 2.15. The molecule has 0 bridgehead atoms. The molecule has 0 saturated heterocycles. The molecule has 27 heavy (non-hydrogen) atoms. The first-order chi connectivity index (χ1) is 13.2. The molecular formula is C21H15BN4S. The molecule has 0 aliphatic carbocycles. The van der Waals surface area contributed by atoms with Crippen LogP contribution in [0.2, 0.25) is 0 Å². The molecule has 6 heteroatoms. The molecule has 0 saturated carbocycles. The molecule has 5 rings (SSSR count). The molecule has 0 spiro atoms. The molecule has 0 atom stereocenters. The Kier molecular flexibility index (Phi) is 3.79. The zero-order valence-electron chi connectivity index (χ0n) is 14.7. The lowest BCUT2D eigenvalue weighted by Crippen LogP contribution is -2.00. The second kappa shape index (κ2) is 6.32. The lowest BCUT2D eigenvalue weighted by atomic mass is 9.95. The molecule has 5 aromatic rings. The fraction of sp³-hybridized carbons (Fsp3) is 0.0476. The summed E-state index contributed by atoms with van der Waals surface area (Å²) in [6.45, 7) is 0. The van der Waals surface area contributed by atoms with E-state index in [-0.39, 0.29) is 0 Å². The number of pyridine rings is 1. The van der Waals surface area contributed by atoms with Crippen molar-refractivity contribution in [3.8, 4) is 11.4 Å². The van der Waals surface area contributed by atoms with E-state index >= 15 is 0 Å². The first-order valence-electron chi connectivity index (χ1n) is 8.62. The first-order valence-corrected chi connectivity index (χ1v) is 9.40. The van der Waals surface area contributed by atoms with Crippen LogP contribution in [0.25, 0.3) is 33.5 Å². The minimum atomic E-state index is 0.747. The molecule has 128 valence electrons. The normalized spacial score (nSPS) is 11.4. The lowest BCUT2D eigenvalue weighted by Gasteiger charge is -2.05. The Balaban J connectivity index is 1.66. The number of benzene rings is 2. The van der Waals surface area contributed by atoms with E-state index in [2.05, 4.69) is 37.9 Å². The van der Waals surface area contributed by atoms with E-state index in [9.17, 15) is 0 Å². The Morgan fingerprint density at radius 3 is 2.52 bits per heavy atom. The van der Waals surface area contributed by atoms with Crippen molar-refractivity contribution < 1.29 is 0 Å². The summed E-state index contributed by atoms with van der Waals surface area (Å²) >= 11 is 1.65. The number of aromatic nitrogens is 4. The van der Waals surface area contributed by atoms with Gasteiger partial charge in [-0.1, -0.05) is 47.9 Å².